The zero-order valence-corrected chi connectivity index (χ0v) is 13.2. The molecule has 2 aromatic carbocycles. The van der Waals surface area contributed by atoms with Crippen LogP contribution in [0, 0.1) is 0 Å². The molecule has 1 heterocycles. The van der Waals surface area contributed by atoms with Crippen LogP contribution in [0.25, 0.3) is 22.5 Å². The van der Waals surface area contributed by atoms with Gasteiger partial charge in [-0.05, 0) is 26.6 Å². The molecule has 0 amide bonds. The average Bonchev–Trinajstić information content (AvgIpc) is 3.04. The second kappa shape index (κ2) is 6.16. The predicted molar refractivity (Wildman–Crippen MR) is 91.6 cm³/mol. The number of nitrogens with zero attached hydrogens (tertiary/aromatic N) is 2. The average molecular weight is 291 g/mol. The molecule has 3 rings (SSSR count). The lowest BCUT2D eigenvalue weighted by atomic mass is 10.0. The van der Waals surface area contributed by atoms with Crippen molar-refractivity contribution in [3.8, 4) is 22.5 Å². The Morgan fingerprint density at radius 1 is 0.909 bits per heavy atom. The predicted octanol–water partition coefficient (Wildman–Crippen LogP) is 4.37. The SMILES string of the molecule is C[C@@H](c1ccc(-c2[nH]cnc2-c2ccccc2)cc1)N(C)C. The summed E-state index contributed by atoms with van der Waals surface area (Å²) in [6.07, 6.45) is 1.76. The van der Waals surface area contributed by atoms with Crippen LogP contribution in [0.3, 0.4) is 0 Å². The van der Waals surface area contributed by atoms with Crippen molar-refractivity contribution in [3.63, 3.8) is 0 Å². The number of aromatic nitrogens is 2. The van der Waals surface area contributed by atoms with E-state index in [1.54, 1.807) is 6.33 Å². The minimum Gasteiger partial charge on any atom is -0.344 e. The van der Waals surface area contributed by atoms with E-state index in [0.717, 1.165) is 22.5 Å². The number of H-pyrrole nitrogens is 1. The number of benzene rings is 2. The maximum atomic E-state index is 4.48. The maximum absolute atomic E-state index is 4.48. The summed E-state index contributed by atoms with van der Waals surface area (Å²) in [6, 6.07) is 19.4. The van der Waals surface area contributed by atoms with Crippen molar-refractivity contribution in [1.82, 2.24) is 14.9 Å². The smallest absolute Gasteiger partial charge is 0.0960 e. The Morgan fingerprint density at radius 3 is 2.23 bits per heavy atom. The Balaban J connectivity index is 1.95. The lowest BCUT2D eigenvalue weighted by molar-refractivity contribution is 0.321. The van der Waals surface area contributed by atoms with Gasteiger partial charge in [-0.2, -0.15) is 0 Å². The second-order valence-electron chi connectivity index (χ2n) is 5.75. The molecule has 1 atom stereocenters. The molecule has 1 aromatic heterocycles. The standard InChI is InChI=1S/C19H21N3/c1-14(22(2)3)15-9-11-17(12-10-15)19-18(20-13-21-19)16-7-5-4-6-8-16/h4-14H,1-3H3,(H,20,21)/t14-/m0/s1. The van der Waals surface area contributed by atoms with Crippen molar-refractivity contribution in [2.24, 2.45) is 0 Å². The molecule has 0 aliphatic heterocycles. The fourth-order valence-electron chi connectivity index (χ4n) is 2.56. The molecule has 0 aliphatic rings. The summed E-state index contributed by atoms with van der Waals surface area (Å²) in [5.74, 6) is 0. The van der Waals surface area contributed by atoms with E-state index in [-0.39, 0.29) is 0 Å². The van der Waals surface area contributed by atoms with Crippen molar-refractivity contribution in [2.75, 3.05) is 14.1 Å². The van der Waals surface area contributed by atoms with Crippen LogP contribution in [0.15, 0.2) is 60.9 Å². The highest BCUT2D eigenvalue weighted by Crippen LogP contribution is 2.29. The van der Waals surface area contributed by atoms with E-state index in [9.17, 15) is 0 Å². The number of hydrogen-bond acceptors (Lipinski definition) is 2. The van der Waals surface area contributed by atoms with E-state index in [2.05, 4.69) is 72.3 Å². The topological polar surface area (TPSA) is 31.9 Å². The van der Waals surface area contributed by atoms with Crippen molar-refractivity contribution in [2.45, 2.75) is 13.0 Å². The monoisotopic (exact) mass is 291 g/mol. The van der Waals surface area contributed by atoms with E-state index in [0.29, 0.717) is 6.04 Å². The number of imidazole rings is 1. The summed E-state index contributed by atoms with van der Waals surface area (Å²) in [7, 11) is 4.20. The molecule has 3 nitrogen and oxygen atoms in total. The molecule has 0 saturated heterocycles. The lowest BCUT2D eigenvalue weighted by Crippen LogP contribution is -2.16. The van der Waals surface area contributed by atoms with Gasteiger partial charge in [0, 0.05) is 17.2 Å². The third-order valence-electron chi connectivity index (χ3n) is 4.14. The maximum Gasteiger partial charge on any atom is 0.0960 e. The van der Waals surface area contributed by atoms with Crippen molar-refractivity contribution < 1.29 is 0 Å². The minimum absolute atomic E-state index is 0.407. The number of aromatic amines is 1. The molecular weight excluding hydrogens is 270 g/mol. The zero-order chi connectivity index (χ0) is 15.5. The fourth-order valence-corrected chi connectivity index (χ4v) is 2.56. The first-order valence-electron chi connectivity index (χ1n) is 7.52. The van der Waals surface area contributed by atoms with Gasteiger partial charge in [0.1, 0.15) is 0 Å². The van der Waals surface area contributed by atoms with E-state index < -0.39 is 0 Å². The summed E-state index contributed by atoms with van der Waals surface area (Å²) in [6.45, 7) is 2.21. The summed E-state index contributed by atoms with van der Waals surface area (Å²) < 4.78 is 0. The van der Waals surface area contributed by atoms with Crippen molar-refractivity contribution in [3.05, 3.63) is 66.5 Å². The molecule has 0 bridgehead atoms. The van der Waals surface area contributed by atoms with Crippen molar-refractivity contribution >= 4 is 0 Å². The highest BCUT2D eigenvalue weighted by atomic mass is 15.1. The Labute approximate surface area is 131 Å². The number of rotatable bonds is 4. The number of hydrogen-bond donors (Lipinski definition) is 1. The highest BCUT2D eigenvalue weighted by molar-refractivity contribution is 5.78. The molecular formula is C19H21N3. The summed E-state index contributed by atoms with van der Waals surface area (Å²) in [4.78, 5) is 9.96. The molecule has 0 aliphatic carbocycles. The van der Waals surface area contributed by atoms with E-state index in [1.165, 1.54) is 5.56 Å². The largest absolute Gasteiger partial charge is 0.344 e. The third kappa shape index (κ3) is 2.81. The van der Waals surface area contributed by atoms with Crippen LogP contribution in [-0.4, -0.2) is 29.0 Å². The summed E-state index contributed by atoms with van der Waals surface area (Å²) in [5, 5.41) is 0. The van der Waals surface area contributed by atoms with E-state index in [4.69, 9.17) is 0 Å². The van der Waals surface area contributed by atoms with Gasteiger partial charge >= 0.3 is 0 Å². The molecule has 3 aromatic rings. The summed E-state index contributed by atoms with van der Waals surface area (Å²) >= 11 is 0. The molecule has 0 saturated carbocycles. The Bertz CT molecular complexity index is 727. The minimum atomic E-state index is 0.407. The zero-order valence-electron chi connectivity index (χ0n) is 13.2. The van der Waals surface area contributed by atoms with E-state index >= 15 is 0 Å². The van der Waals surface area contributed by atoms with Crippen LogP contribution < -0.4 is 0 Å². The van der Waals surface area contributed by atoms with Crippen LogP contribution in [0.5, 0.6) is 0 Å². The first kappa shape index (κ1) is 14.5. The van der Waals surface area contributed by atoms with Gasteiger partial charge in [0.15, 0.2) is 0 Å². The van der Waals surface area contributed by atoms with Crippen LogP contribution in [0.4, 0.5) is 0 Å². The molecule has 0 unspecified atom stereocenters. The Kier molecular flexibility index (Phi) is 4.07. The molecule has 1 N–H and O–H groups in total. The van der Waals surface area contributed by atoms with Crippen LogP contribution >= 0.6 is 0 Å². The summed E-state index contributed by atoms with van der Waals surface area (Å²) in [5.41, 5.74) is 5.66. The lowest BCUT2D eigenvalue weighted by Gasteiger charge is -2.20. The third-order valence-corrected chi connectivity index (χ3v) is 4.14. The Hall–Kier alpha value is -2.39. The molecule has 112 valence electrons. The highest BCUT2D eigenvalue weighted by Gasteiger charge is 2.12. The van der Waals surface area contributed by atoms with E-state index in [1.807, 2.05) is 18.2 Å². The normalized spacial score (nSPS) is 12.5. The van der Waals surface area contributed by atoms with Crippen LogP contribution in [0.2, 0.25) is 0 Å². The van der Waals surface area contributed by atoms with Crippen LogP contribution in [0.1, 0.15) is 18.5 Å². The van der Waals surface area contributed by atoms with Gasteiger partial charge < -0.3 is 9.88 Å². The van der Waals surface area contributed by atoms with Crippen LogP contribution in [-0.2, 0) is 0 Å². The fraction of sp³-hybridized carbons (Fsp3) is 0.211. The van der Waals surface area contributed by atoms with Gasteiger partial charge in [0.2, 0.25) is 0 Å². The molecule has 0 radical (unpaired) electrons. The van der Waals surface area contributed by atoms with Gasteiger partial charge in [0.25, 0.3) is 0 Å². The Morgan fingerprint density at radius 2 is 1.59 bits per heavy atom. The van der Waals surface area contributed by atoms with Gasteiger partial charge in [-0.3, -0.25) is 0 Å². The van der Waals surface area contributed by atoms with Gasteiger partial charge in [-0.25, -0.2) is 4.98 Å². The van der Waals surface area contributed by atoms with Gasteiger partial charge in [-0.15, -0.1) is 0 Å². The van der Waals surface area contributed by atoms with Crippen molar-refractivity contribution in [1.29, 1.82) is 0 Å². The van der Waals surface area contributed by atoms with Gasteiger partial charge in [-0.1, -0.05) is 54.6 Å². The number of nitrogens with one attached hydrogen (secondary N) is 1. The molecule has 22 heavy (non-hydrogen) atoms. The quantitative estimate of drug-likeness (QED) is 0.774. The first-order valence-corrected chi connectivity index (χ1v) is 7.52. The first-order chi connectivity index (χ1) is 10.7. The molecule has 3 heteroatoms. The molecule has 0 spiro atoms. The second-order valence-corrected chi connectivity index (χ2v) is 5.75. The van der Waals surface area contributed by atoms with Gasteiger partial charge in [0.05, 0.1) is 17.7 Å². The molecule has 0 fully saturated rings.